The summed E-state index contributed by atoms with van der Waals surface area (Å²) in [6.45, 7) is 0. The molecule has 0 bridgehead atoms. The van der Waals surface area contributed by atoms with E-state index >= 15 is 0 Å². The van der Waals surface area contributed by atoms with Gasteiger partial charge in [-0.2, -0.15) is 0 Å². The first-order valence-corrected chi connectivity index (χ1v) is 5.91. The van der Waals surface area contributed by atoms with Crippen LogP contribution in [0.25, 0.3) is 5.57 Å². The standard InChI is InChI=1S/C16H14O3/c17-11-14(13-5-9-16(19)10-6-13)4-1-12-2-7-15(18)8-3-12/h2-11,18-19H,1H2. The Morgan fingerprint density at radius 3 is 1.95 bits per heavy atom. The average molecular weight is 254 g/mol. The van der Waals surface area contributed by atoms with Gasteiger partial charge in [0.25, 0.3) is 0 Å². The number of aldehydes is 1. The highest BCUT2D eigenvalue weighted by molar-refractivity contribution is 6.06. The van der Waals surface area contributed by atoms with Crippen molar-refractivity contribution < 1.29 is 15.0 Å². The molecule has 96 valence electrons. The van der Waals surface area contributed by atoms with Gasteiger partial charge in [-0.15, -0.1) is 0 Å². The maximum Gasteiger partial charge on any atom is 0.150 e. The minimum Gasteiger partial charge on any atom is -0.508 e. The van der Waals surface area contributed by atoms with Crippen LogP contribution in [0.5, 0.6) is 11.5 Å². The lowest BCUT2D eigenvalue weighted by atomic mass is 10.0. The number of carbonyl (C=O) groups is 1. The fourth-order valence-electron chi connectivity index (χ4n) is 1.75. The van der Waals surface area contributed by atoms with Crippen molar-refractivity contribution in [1.29, 1.82) is 0 Å². The number of benzene rings is 2. The van der Waals surface area contributed by atoms with Crippen LogP contribution in [0.1, 0.15) is 11.1 Å². The van der Waals surface area contributed by atoms with Crippen LogP contribution in [0.4, 0.5) is 0 Å². The van der Waals surface area contributed by atoms with Crippen molar-refractivity contribution in [3.8, 4) is 11.5 Å². The fourth-order valence-corrected chi connectivity index (χ4v) is 1.75. The van der Waals surface area contributed by atoms with Crippen LogP contribution in [0.3, 0.4) is 0 Å². The normalized spacial score (nSPS) is 11.3. The lowest BCUT2D eigenvalue weighted by molar-refractivity contribution is -0.103. The third-order valence-corrected chi connectivity index (χ3v) is 2.82. The Labute approximate surface area is 111 Å². The lowest BCUT2D eigenvalue weighted by Gasteiger charge is -2.02. The SMILES string of the molecule is O=CC(=CCc1ccc(O)cc1)c1ccc(O)cc1. The van der Waals surface area contributed by atoms with E-state index < -0.39 is 0 Å². The van der Waals surface area contributed by atoms with E-state index in [0.29, 0.717) is 12.0 Å². The summed E-state index contributed by atoms with van der Waals surface area (Å²) in [7, 11) is 0. The molecule has 0 heterocycles. The third kappa shape index (κ3) is 3.45. The predicted octanol–water partition coefficient (Wildman–Crippen LogP) is 2.92. The molecule has 0 aromatic heterocycles. The van der Waals surface area contributed by atoms with Gasteiger partial charge < -0.3 is 10.2 Å². The average Bonchev–Trinajstić information content (AvgIpc) is 2.43. The molecule has 0 atom stereocenters. The molecule has 0 fully saturated rings. The number of allylic oxidation sites excluding steroid dienone is 2. The van der Waals surface area contributed by atoms with Crippen LogP contribution < -0.4 is 0 Å². The van der Waals surface area contributed by atoms with Crippen LogP contribution >= 0.6 is 0 Å². The van der Waals surface area contributed by atoms with Crippen LogP contribution in [0.2, 0.25) is 0 Å². The highest BCUT2D eigenvalue weighted by Gasteiger charge is 2.00. The van der Waals surface area contributed by atoms with E-state index in [0.717, 1.165) is 17.4 Å². The third-order valence-electron chi connectivity index (χ3n) is 2.82. The van der Waals surface area contributed by atoms with Crippen molar-refractivity contribution in [3.05, 3.63) is 65.7 Å². The highest BCUT2D eigenvalue weighted by atomic mass is 16.3. The molecular formula is C16H14O3. The number of hydrogen-bond donors (Lipinski definition) is 2. The number of carbonyl (C=O) groups excluding carboxylic acids is 1. The quantitative estimate of drug-likeness (QED) is 0.651. The van der Waals surface area contributed by atoms with Gasteiger partial charge in [0.1, 0.15) is 17.8 Å². The number of rotatable bonds is 4. The zero-order chi connectivity index (χ0) is 13.7. The van der Waals surface area contributed by atoms with Gasteiger partial charge in [0.2, 0.25) is 0 Å². The molecule has 2 aromatic carbocycles. The Morgan fingerprint density at radius 2 is 1.42 bits per heavy atom. The molecule has 3 heteroatoms. The predicted molar refractivity (Wildman–Crippen MR) is 74.0 cm³/mol. The molecule has 0 aliphatic heterocycles. The molecule has 0 aliphatic rings. The second kappa shape index (κ2) is 5.87. The van der Waals surface area contributed by atoms with E-state index in [1.807, 2.05) is 18.2 Å². The monoisotopic (exact) mass is 254 g/mol. The van der Waals surface area contributed by atoms with Gasteiger partial charge in [-0.3, -0.25) is 4.79 Å². The first-order valence-electron chi connectivity index (χ1n) is 5.91. The Hall–Kier alpha value is -2.55. The summed E-state index contributed by atoms with van der Waals surface area (Å²) in [4.78, 5) is 11.1. The molecule has 0 amide bonds. The van der Waals surface area contributed by atoms with Crippen molar-refractivity contribution in [2.45, 2.75) is 6.42 Å². The van der Waals surface area contributed by atoms with Gasteiger partial charge in [0.15, 0.2) is 0 Å². The molecule has 3 nitrogen and oxygen atoms in total. The molecule has 0 unspecified atom stereocenters. The van der Waals surface area contributed by atoms with E-state index in [-0.39, 0.29) is 11.5 Å². The summed E-state index contributed by atoms with van der Waals surface area (Å²) < 4.78 is 0. The van der Waals surface area contributed by atoms with E-state index in [9.17, 15) is 15.0 Å². The van der Waals surface area contributed by atoms with Gasteiger partial charge in [-0.25, -0.2) is 0 Å². The lowest BCUT2D eigenvalue weighted by Crippen LogP contribution is -1.88. The number of hydrogen-bond acceptors (Lipinski definition) is 3. The summed E-state index contributed by atoms with van der Waals surface area (Å²) in [5, 5.41) is 18.4. The molecule has 0 saturated heterocycles. The van der Waals surface area contributed by atoms with Gasteiger partial charge in [0, 0.05) is 5.57 Å². The van der Waals surface area contributed by atoms with Crippen molar-refractivity contribution >= 4 is 11.9 Å². The largest absolute Gasteiger partial charge is 0.508 e. The molecule has 2 N–H and O–H groups in total. The van der Waals surface area contributed by atoms with E-state index in [1.54, 1.807) is 36.4 Å². The first-order chi connectivity index (χ1) is 9.19. The summed E-state index contributed by atoms with van der Waals surface area (Å²) in [5.74, 6) is 0.398. The van der Waals surface area contributed by atoms with Gasteiger partial charge in [-0.1, -0.05) is 30.3 Å². The summed E-state index contributed by atoms with van der Waals surface area (Å²) in [6, 6.07) is 13.4. The summed E-state index contributed by atoms with van der Waals surface area (Å²) in [6.07, 6.45) is 3.23. The van der Waals surface area contributed by atoms with Crippen LogP contribution in [-0.2, 0) is 11.2 Å². The molecule has 2 rings (SSSR count). The molecule has 0 aliphatic carbocycles. The van der Waals surface area contributed by atoms with Crippen LogP contribution in [0.15, 0.2) is 54.6 Å². The van der Waals surface area contributed by atoms with E-state index in [4.69, 9.17) is 0 Å². The Morgan fingerprint density at radius 1 is 0.895 bits per heavy atom. The van der Waals surface area contributed by atoms with Crippen LogP contribution in [0, 0.1) is 0 Å². The Balaban J connectivity index is 2.17. The highest BCUT2D eigenvalue weighted by Crippen LogP contribution is 2.18. The minimum absolute atomic E-state index is 0.174. The van der Waals surface area contributed by atoms with Crippen molar-refractivity contribution in [2.24, 2.45) is 0 Å². The second-order valence-corrected chi connectivity index (χ2v) is 4.19. The molecule has 0 radical (unpaired) electrons. The molecule has 0 saturated carbocycles. The molecule has 0 spiro atoms. The van der Waals surface area contributed by atoms with Gasteiger partial charge >= 0.3 is 0 Å². The molecule has 2 aromatic rings. The van der Waals surface area contributed by atoms with Gasteiger partial charge in [-0.05, 0) is 41.8 Å². The molecular weight excluding hydrogens is 240 g/mol. The smallest absolute Gasteiger partial charge is 0.150 e. The number of aromatic hydroxyl groups is 2. The summed E-state index contributed by atoms with van der Waals surface area (Å²) >= 11 is 0. The van der Waals surface area contributed by atoms with Gasteiger partial charge in [0.05, 0.1) is 0 Å². The number of phenols is 2. The Bertz CT molecular complexity index is 580. The zero-order valence-corrected chi connectivity index (χ0v) is 10.3. The zero-order valence-electron chi connectivity index (χ0n) is 10.3. The molecule has 19 heavy (non-hydrogen) atoms. The fraction of sp³-hybridized carbons (Fsp3) is 0.0625. The first kappa shape index (κ1) is 12.9. The topological polar surface area (TPSA) is 57.5 Å². The Kier molecular flexibility index (Phi) is 3.98. The van der Waals surface area contributed by atoms with E-state index in [1.165, 1.54) is 0 Å². The summed E-state index contributed by atoms with van der Waals surface area (Å²) in [5.41, 5.74) is 2.36. The van der Waals surface area contributed by atoms with Crippen LogP contribution in [-0.4, -0.2) is 16.5 Å². The maximum atomic E-state index is 11.1. The van der Waals surface area contributed by atoms with Crippen molar-refractivity contribution in [3.63, 3.8) is 0 Å². The van der Waals surface area contributed by atoms with E-state index in [2.05, 4.69) is 0 Å². The number of phenolic OH excluding ortho intramolecular Hbond substituents is 2. The second-order valence-electron chi connectivity index (χ2n) is 4.19. The minimum atomic E-state index is 0.174. The van der Waals surface area contributed by atoms with Crippen molar-refractivity contribution in [1.82, 2.24) is 0 Å². The van der Waals surface area contributed by atoms with Crippen molar-refractivity contribution in [2.75, 3.05) is 0 Å². The maximum absolute atomic E-state index is 11.1.